The summed E-state index contributed by atoms with van der Waals surface area (Å²) in [6.45, 7) is 1.84. The molecular weight excluding hydrogens is 435 g/mol. The van der Waals surface area contributed by atoms with Crippen molar-refractivity contribution in [2.24, 2.45) is 0 Å². The standard InChI is InChI=1S/C21H16F3NO3S2/c1-12-2-8-15(9-3-12)30(27,28)17-11-29-20-16(10-18(26)25-19(17)20)13-4-6-14(7-5-13)21(22,23)24/h2-9,11,16H,10H2,1H3,(H,25,26)/t16-/m0/s1. The van der Waals surface area contributed by atoms with E-state index in [4.69, 9.17) is 0 Å². The SMILES string of the molecule is Cc1ccc(S(=O)(=O)c2csc3c2NC(=O)C[C@H]3c2ccc(C(F)(F)F)cc2)cc1. The first-order chi connectivity index (χ1) is 14.1. The zero-order valence-corrected chi connectivity index (χ0v) is 17.3. The van der Waals surface area contributed by atoms with Crippen LogP contribution in [0.4, 0.5) is 18.9 Å². The number of aryl methyl sites for hydroxylation is 1. The molecule has 4 nitrogen and oxygen atoms in total. The van der Waals surface area contributed by atoms with E-state index >= 15 is 0 Å². The van der Waals surface area contributed by atoms with Crippen LogP contribution < -0.4 is 5.32 Å². The molecule has 3 aromatic rings. The van der Waals surface area contributed by atoms with Crippen LogP contribution in [0.1, 0.15) is 33.9 Å². The Hall–Kier alpha value is -2.65. The second kappa shape index (κ2) is 7.24. The Labute approximate surface area is 175 Å². The molecule has 1 aliphatic heterocycles. The van der Waals surface area contributed by atoms with E-state index in [1.165, 1.54) is 41.0 Å². The van der Waals surface area contributed by atoms with Gasteiger partial charge in [0.15, 0.2) is 0 Å². The fourth-order valence-electron chi connectivity index (χ4n) is 3.42. The third-order valence-corrected chi connectivity index (χ3v) is 8.06. The van der Waals surface area contributed by atoms with Crippen LogP contribution in [0.25, 0.3) is 0 Å². The molecule has 0 saturated carbocycles. The number of fused-ring (bicyclic) bond motifs is 1. The van der Waals surface area contributed by atoms with Gasteiger partial charge in [-0.2, -0.15) is 13.2 Å². The van der Waals surface area contributed by atoms with E-state index in [0.29, 0.717) is 10.4 Å². The number of alkyl halides is 3. The zero-order chi connectivity index (χ0) is 21.7. The summed E-state index contributed by atoms with van der Waals surface area (Å²) in [7, 11) is -3.86. The summed E-state index contributed by atoms with van der Waals surface area (Å²) in [5, 5.41) is 4.12. The fraction of sp³-hybridized carbons (Fsp3) is 0.190. The van der Waals surface area contributed by atoms with Gasteiger partial charge in [-0.05, 0) is 36.8 Å². The molecule has 1 N–H and O–H groups in total. The van der Waals surface area contributed by atoms with E-state index in [-0.39, 0.29) is 27.8 Å². The molecule has 30 heavy (non-hydrogen) atoms. The number of thiophene rings is 1. The summed E-state index contributed by atoms with van der Waals surface area (Å²) in [4.78, 5) is 13.0. The van der Waals surface area contributed by atoms with Crippen LogP contribution in [0.15, 0.2) is 63.7 Å². The van der Waals surface area contributed by atoms with Gasteiger partial charge in [0.25, 0.3) is 0 Å². The van der Waals surface area contributed by atoms with Crippen LogP contribution in [0, 0.1) is 6.92 Å². The second-order valence-electron chi connectivity index (χ2n) is 7.08. The number of anilines is 1. The average Bonchev–Trinajstić information content (AvgIpc) is 3.11. The van der Waals surface area contributed by atoms with Crippen LogP contribution in [0.3, 0.4) is 0 Å². The third kappa shape index (κ3) is 3.63. The van der Waals surface area contributed by atoms with Gasteiger partial charge in [-0.3, -0.25) is 4.79 Å². The summed E-state index contributed by atoms with van der Waals surface area (Å²) in [5.41, 5.74) is 0.875. The monoisotopic (exact) mass is 451 g/mol. The number of halogens is 3. The van der Waals surface area contributed by atoms with Gasteiger partial charge in [0.05, 0.1) is 16.1 Å². The predicted molar refractivity (Wildman–Crippen MR) is 107 cm³/mol. The number of amides is 1. The Morgan fingerprint density at radius 1 is 1.03 bits per heavy atom. The Balaban J connectivity index is 1.76. The van der Waals surface area contributed by atoms with Gasteiger partial charge in [-0.1, -0.05) is 29.8 Å². The highest BCUT2D eigenvalue weighted by Gasteiger charge is 2.35. The normalized spacial score (nSPS) is 16.8. The first kappa shape index (κ1) is 20.6. The first-order valence-electron chi connectivity index (χ1n) is 8.97. The predicted octanol–water partition coefficient (Wildman–Crippen LogP) is 5.38. The summed E-state index contributed by atoms with van der Waals surface area (Å²) in [6, 6.07) is 11.0. The van der Waals surface area contributed by atoms with E-state index in [1.807, 2.05) is 6.92 Å². The lowest BCUT2D eigenvalue weighted by atomic mass is 9.90. The number of carbonyl (C=O) groups is 1. The molecule has 156 valence electrons. The molecule has 0 saturated heterocycles. The fourth-order valence-corrected chi connectivity index (χ4v) is 6.33. The maximum Gasteiger partial charge on any atom is 0.416 e. The number of rotatable bonds is 3. The molecule has 1 aromatic heterocycles. The number of nitrogens with one attached hydrogen (secondary N) is 1. The van der Waals surface area contributed by atoms with Crippen LogP contribution in [-0.4, -0.2) is 14.3 Å². The molecule has 4 rings (SSSR count). The average molecular weight is 451 g/mol. The molecule has 1 aliphatic rings. The highest BCUT2D eigenvalue weighted by molar-refractivity contribution is 7.91. The van der Waals surface area contributed by atoms with Crippen LogP contribution in [0.5, 0.6) is 0 Å². The number of sulfone groups is 1. The van der Waals surface area contributed by atoms with Crippen molar-refractivity contribution in [2.75, 3.05) is 5.32 Å². The van der Waals surface area contributed by atoms with Crippen LogP contribution >= 0.6 is 11.3 Å². The van der Waals surface area contributed by atoms with Gasteiger partial charge in [0, 0.05) is 22.6 Å². The Kier molecular flexibility index (Phi) is 4.98. The molecular formula is C21H16F3NO3S2. The van der Waals surface area contributed by atoms with E-state index in [0.717, 1.165) is 17.7 Å². The van der Waals surface area contributed by atoms with Crippen molar-refractivity contribution in [1.82, 2.24) is 0 Å². The number of hydrogen-bond acceptors (Lipinski definition) is 4. The Morgan fingerprint density at radius 2 is 1.67 bits per heavy atom. The summed E-state index contributed by atoms with van der Waals surface area (Å²) >= 11 is 1.18. The maximum absolute atomic E-state index is 13.1. The summed E-state index contributed by atoms with van der Waals surface area (Å²) in [5.74, 6) is -0.894. The molecule has 2 aromatic carbocycles. The van der Waals surface area contributed by atoms with Crippen LogP contribution in [0.2, 0.25) is 0 Å². The topological polar surface area (TPSA) is 63.2 Å². The zero-order valence-electron chi connectivity index (χ0n) is 15.7. The lowest BCUT2D eigenvalue weighted by Gasteiger charge is -2.24. The molecule has 0 aliphatic carbocycles. The summed E-state index contributed by atoms with van der Waals surface area (Å²) < 4.78 is 64.8. The van der Waals surface area contributed by atoms with Crippen LogP contribution in [-0.2, 0) is 20.8 Å². The number of carbonyl (C=O) groups excluding carboxylic acids is 1. The summed E-state index contributed by atoms with van der Waals surface area (Å²) in [6.07, 6.45) is -4.42. The lowest BCUT2D eigenvalue weighted by molar-refractivity contribution is -0.137. The molecule has 9 heteroatoms. The molecule has 0 unspecified atom stereocenters. The van der Waals surface area contributed by atoms with E-state index in [2.05, 4.69) is 5.32 Å². The highest BCUT2D eigenvalue weighted by Crippen LogP contribution is 2.46. The van der Waals surface area contributed by atoms with Crippen molar-refractivity contribution in [3.8, 4) is 0 Å². The van der Waals surface area contributed by atoms with Crippen molar-refractivity contribution < 1.29 is 26.4 Å². The largest absolute Gasteiger partial charge is 0.416 e. The van der Waals surface area contributed by atoms with Gasteiger partial charge < -0.3 is 5.32 Å². The Bertz CT molecular complexity index is 1210. The molecule has 0 fully saturated rings. The molecule has 0 bridgehead atoms. The minimum absolute atomic E-state index is 0.00341. The number of benzene rings is 2. The molecule has 0 spiro atoms. The quantitative estimate of drug-likeness (QED) is 0.581. The molecule has 0 radical (unpaired) electrons. The minimum atomic E-state index is -4.45. The molecule has 1 atom stereocenters. The van der Waals surface area contributed by atoms with Crippen molar-refractivity contribution in [1.29, 1.82) is 0 Å². The maximum atomic E-state index is 13.1. The first-order valence-corrected chi connectivity index (χ1v) is 11.3. The number of hydrogen-bond donors (Lipinski definition) is 1. The van der Waals surface area contributed by atoms with Crippen molar-refractivity contribution in [3.63, 3.8) is 0 Å². The van der Waals surface area contributed by atoms with E-state index in [1.54, 1.807) is 12.1 Å². The molecule has 1 amide bonds. The van der Waals surface area contributed by atoms with E-state index in [9.17, 15) is 26.4 Å². The highest BCUT2D eigenvalue weighted by atomic mass is 32.2. The second-order valence-corrected chi connectivity index (χ2v) is 9.91. The third-order valence-electron chi connectivity index (χ3n) is 5.02. The lowest BCUT2D eigenvalue weighted by Crippen LogP contribution is -2.23. The minimum Gasteiger partial charge on any atom is -0.324 e. The van der Waals surface area contributed by atoms with Crippen molar-refractivity contribution >= 4 is 32.8 Å². The van der Waals surface area contributed by atoms with Crippen molar-refractivity contribution in [3.05, 3.63) is 75.5 Å². The Morgan fingerprint density at radius 3 is 2.27 bits per heavy atom. The van der Waals surface area contributed by atoms with Gasteiger partial charge in [-0.25, -0.2) is 8.42 Å². The molecule has 2 heterocycles. The van der Waals surface area contributed by atoms with Gasteiger partial charge in [0.1, 0.15) is 4.90 Å². The van der Waals surface area contributed by atoms with E-state index < -0.39 is 27.5 Å². The van der Waals surface area contributed by atoms with Gasteiger partial charge in [0.2, 0.25) is 15.7 Å². The van der Waals surface area contributed by atoms with Gasteiger partial charge >= 0.3 is 6.18 Å². The smallest absolute Gasteiger partial charge is 0.324 e. The van der Waals surface area contributed by atoms with Crippen molar-refractivity contribution in [2.45, 2.75) is 35.2 Å². The van der Waals surface area contributed by atoms with Gasteiger partial charge in [-0.15, -0.1) is 11.3 Å².